The van der Waals surface area contributed by atoms with E-state index in [1.165, 1.54) is 18.4 Å². The maximum absolute atomic E-state index is 13.3. The molecule has 0 aliphatic heterocycles. The van der Waals surface area contributed by atoms with Crippen molar-refractivity contribution >= 4 is 17.0 Å². The van der Waals surface area contributed by atoms with Gasteiger partial charge in [0, 0.05) is 5.56 Å². The highest BCUT2D eigenvalue weighted by Crippen LogP contribution is 2.29. The van der Waals surface area contributed by atoms with Crippen LogP contribution in [0.15, 0.2) is 63.7 Å². The molecule has 3 aromatic heterocycles. The summed E-state index contributed by atoms with van der Waals surface area (Å²) in [6.07, 6.45) is -3.24. The van der Waals surface area contributed by atoms with E-state index in [0.29, 0.717) is 21.9 Å². The second-order valence-corrected chi connectivity index (χ2v) is 6.72. The van der Waals surface area contributed by atoms with Crippen molar-refractivity contribution in [3.05, 3.63) is 71.8 Å². The molecule has 0 bridgehead atoms. The minimum Gasteiger partial charge on any atom is -0.467 e. The van der Waals surface area contributed by atoms with Gasteiger partial charge >= 0.3 is 6.18 Å². The van der Waals surface area contributed by atoms with Crippen molar-refractivity contribution in [1.29, 1.82) is 0 Å². The van der Waals surface area contributed by atoms with E-state index in [9.17, 15) is 18.0 Å². The first-order valence-electron chi connectivity index (χ1n) is 9.02. The van der Waals surface area contributed by atoms with Crippen LogP contribution in [0, 0.1) is 6.92 Å². The minimum absolute atomic E-state index is 0.0356. The second-order valence-electron chi connectivity index (χ2n) is 6.72. The number of pyridine rings is 1. The summed E-state index contributed by atoms with van der Waals surface area (Å²) in [4.78, 5) is 18.4. The van der Waals surface area contributed by atoms with Crippen molar-refractivity contribution in [3.63, 3.8) is 0 Å². The van der Waals surface area contributed by atoms with Crippen LogP contribution >= 0.6 is 0 Å². The van der Waals surface area contributed by atoms with Gasteiger partial charge in [0.1, 0.15) is 12.3 Å². The van der Waals surface area contributed by atoms with Crippen LogP contribution in [-0.4, -0.2) is 33.7 Å². The topological polar surface area (TPSA) is 72.4 Å². The Hall–Kier alpha value is -3.62. The van der Waals surface area contributed by atoms with Gasteiger partial charge in [0.15, 0.2) is 0 Å². The van der Waals surface area contributed by atoms with Crippen LogP contribution in [0.3, 0.4) is 0 Å². The van der Waals surface area contributed by atoms with Crippen molar-refractivity contribution in [2.45, 2.75) is 19.6 Å². The summed E-state index contributed by atoms with van der Waals surface area (Å²) < 4.78 is 50.0. The monoisotopic (exact) mass is 415 g/mol. The van der Waals surface area contributed by atoms with Gasteiger partial charge in [0.05, 0.1) is 35.1 Å². The van der Waals surface area contributed by atoms with Crippen LogP contribution in [0.2, 0.25) is 0 Å². The summed E-state index contributed by atoms with van der Waals surface area (Å²) in [6, 6.07) is 13.5. The first-order chi connectivity index (χ1) is 14.3. The molecule has 0 saturated heterocycles. The molecule has 0 radical (unpaired) electrons. The van der Waals surface area contributed by atoms with Crippen LogP contribution < -0.4 is 0 Å². The highest BCUT2D eigenvalue weighted by atomic mass is 19.4. The number of amides is 1. The van der Waals surface area contributed by atoms with Gasteiger partial charge in [-0.1, -0.05) is 35.5 Å². The number of hydrogen-bond donors (Lipinski definition) is 0. The number of halogens is 3. The Morgan fingerprint density at radius 1 is 1.13 bits per heavy atom. The zero-order chi connectivity index (χ0) is 21.3. The fraction of sp³-hybridized carbons (Fsp3) is 0.190. The molecule has 0 fully saturated rings. The van der Waals surface area contributed by atoms with Crippen molar-refractivity contribution in [1.82, 2.24) is 15.0 Å². The minimum atomic E-state index is -4.58. The van der Waals surface area contributed by atoms with E-state index in [4.69, 9.17) is 8.94 Å². The summed E-state index contributed by atoms with van der Waals surface area (Å²) in [7, 11) is 0. The first kappa shape index (κ1) is 19.7. The van der Waals surface area contributed by atoms with Gasteiger partial charge in [-0.3, -0.25) is 4.79 Å². The lowest BCUT2D eigenvalue weighted by Gasteiger charge is -2.23. The normalized spacial score (nSPS) is 11.7. The molecule has 4 aromatic rings. The molecule has 154 valence electrons. The number of benzene rings is 1. The molecule has 0 spiro atoms. The Morgan fingerprint density at radius 3 is 2.57 bits per heavy atom. The van der Waals surface area contributed by atoms with E-state index in [-0.39, 0.29) is 29.0 Å². The lowest BCUT2D eigenvalue weighted by Crippen LogP contribution is -2.38. The van der Waals surface area contributed by atoms with Crippen molar-refractivity contribution < 1.29 is 26.9 Å². The SMILES string of the molecule is Cc1noc2nc(-c3ccccc3)cc(C(=O)N(Cc3ccco3)CC(F)(F)F)c12. The number of carbonyl (C=O) groups is 1. The number of nitrogens with zero attached hydrogens (tertiary/aromatic N) is 3. The molecular formula is C21H16F3N3O3. The number of fused-ring (bicyclic) bond motifs is 1. The Balaban J connectivity index is 1.82. The van der Waals surface area contributed by atoms with Gasteiger partial charge in [-0.15, -0.1) is 0 Å². The lowest BCUT2D eigenvalue weighted by atomic mass is 10.0. The Bertz CT molecular complexity index is 1170. The summed E-state index contributed by atoms with van der Waals surface area (Å²) in [5.41, 5.74) is 1.57. The highest BCUT2D eigenvalue weighted by Gasteiger charge is 2.35. The largest absolute Gasteiger partial charge is 0.467 e. The molecule has 4 rings (SSSR count). The number of furan rings is 1. The lowest BCUT2D eigenvalue weighted by molar-refractivity contribution is -0.142. The number of aryl methyl sites for hydroxylation is 1. The molecule has 0 N–H and O–H groups in total. The predicted molar refractivity (Wildman–Crippen MR) is 101 cm³/mol. The molecular weight excluding hydrogens is 399 g/mol. The van der Waals surface area contributed by atoms with Gasteiger partial charge in [0.2, 0.25) is 0 Å². The maximum atomic E-state index is 13.3. The van der Waals surface area contributed by atoms with E-state index in [1.54, 1.807) is 37.3 Å². The molecule has 6 nitrogen and oxygen atoms in total. The first-order valence-corrected chi connectivity index (χ1v) is 9.02. The van der Waals surface area contributed by atoms with Crippen molar-refractivity contribution in [2.24, 2.45) is 0 Å². The molecule has 1 aromatic carbocycles. The van der Waals surface area contributed by atoms with Gasteiger partial charge in [-0.25, -0.2) is 4.98 Å². The Labute approximate surface area is 168 Å². The van der Waals surface area contributed by atoms with Crippen LogP contribution in [0.1, 0.15) is 21.8 Å². The van der Waals surface area contributed by atoms with Crippen molar-refractivity contribution in [2.75, 3.05) is 6.54 Å². The van der Waals surface area contributed by atoms with E-state index in [0.717, 1.165) is 0 Å². The molecule has 0 saturated carbocycles. The fourth-order valence-electron chi connectivity index (χ4n) is 3.20. The molecule has 0 unspecified atom stereocenters. The molecule has 3 heterocycles. The fourth-order valence-corrected chi connectivity index (χ4v) is 3.20. The smallest absolute Gasteiger partial charge is 0.406 e. The second kappa shape index (κ2) is 7.66. The predicted octanol–water partition coefficient (Wildman–Crippen LogP) is 5.00. The Morgan fingerprint density at radius 2 is 1.90 bits per heavy atom. The third kappa shape index (κ3) is 4.05. The number of carbonyl (C=O) groups excluding carboxylic acids is 1. The summed E-state index contributed by atoms with van der Waals surface area (Å²) in [6.45, 7) is -0.158. The zero-order valence-electron chi connectivity index (χ0n) is 15.8. The van der Waals surface area contributed by atoms with Gasteiger partial charge in [0.25, 0.3) is 11.6 Å². The number of aromatic nitrogens is 2. The van der Waals surface area contributed by atoms with Crippen LogP contribution in [0.4, 0.5) is 13.2 Å². The van der Waals surface area contributed by atoms with E-state index >= 15 is 0 Å². The van der Waals surface area contributed by atoms with Gasteiger partial charge in [-0.05, 0) is 25.1 Å². The highest BCUT2D eigenvalue weighted by molar-refractivity contribution is 6.07. The Kier molecular flexibility index (Phi) is 5.03. The maximum Gasteiger partial charge on any atom is 0.406 e. The van der Waals surface area contributed by atoms with Gasteiger partial charge < -0.3 is 13.8 Å². The number of hydrogen-bond acceptors (Lipinski definition) is 5. The average Bonchev–Trinajstić information content (AvgIpc) is 3.36. The molecule has 9 heteroatoms. The standard InChI is InChI=1S/C21H16F3N3O3/c1-13-18-16(10-17(25-19(18)30-26-13)14-6-3-2-4-7-14)20(28)27(12-21(22,23)24)11-15-8-5-9-29-15/h2-10H,11-12H2,1H3. The summed E-state index contributed by atoms with van der Waals surface area (Å²) in [5, 5.41) is 4.12. The molecule has 30 heavy (non-hydrogen) atoms. The summed E-state index contributed by atoms with van der Waals surface area (Å²) in [5.74, 6) is -0.581. The third-order valence-electron chi connectivity index (χ3n) is 4.50. The molecule has 0 aliphatic carbocycles. The van der Waals surface area contributed by atoms with E-state index in [1.807, 2.05) is 6.07 Å². The molecule has 0 aliphatic rings. The van der Waals surface area contributed by atoms with Crippen LogP contribution in [-0.2, 0) is 6.54 Å². The van der Waals surface area contributed by atoms with Crippen LogP contribution in [0.25, 0.3) is 22.4 Å². The number of rotatable bonds is 5. The van der Waals surface area contributed by atoms with Gasteiger partial charge in [-0.2, -0.15) is 13.2 Å². The molecule has 0 atom stereocenters. The average molecular weight is 415 g/mol. The van der Waals surface area contributed by atoms with E-state index < -0.39 is 18.6 Å². The quantitative estimate of drug-likeness (QED) is 0.459. The molecule has 1 amide bonds. The summed E-state index contributed by atoms with van der Waals surface area (Å²) >= 11 is 0. The van der Waals surface area contributed by atoms with Crippen LogP contribution in [0.5, 0.6) is 0 Å². The van der Waals surface area contributed by atoms with Crippen molar-refractivity contribution in [3.8, 4) is 11.3 Å². The third-order valence-corrected chi connectivity index (χ3v) is 4.50. The van der Waals surface area contributed by atoms with E-state index in [2.05, 4.69) is 10.1 Å². The number of alkyl halides is 3. The zero-order valence-corrected chi connectivity index (χ0v) is 15.8.